The van der Waals surface area contributed by atoms with Crippen molar-refractivity contribution in [3.63, 3.8) is 0 Å². The lowest BCUT2D eigenvalue weighted by atomic mass is 9.92. The average Bonchev–Trinajstić information content (AvgIpc) is 2.76. The van der Waals surface area contributed by atoms with E-state index in [1.807, 2.05) is 24.3 Å². The van der Waals surface area contributed by atoms with Gasteiger partial charge in [0.05, 0.1) is 5.02 Å². The number of aromatic nitrogens is 1. The highest BCUT2D eigenvalue weighted by Crippen LogP contribution is 2.33. The number of hydrogen-bond acceptors (Lipinski definition) is 5. The third-order valence-electron chi connectivity index (χ3n) is 5.66. The molecule has 0 atom stereocenters. The standard InChI is InChI=1S/C24H27ClFN5/c25-23-14-30-24(31-20-7-5-18(27)6-8-20)12-22(23)16-9-19(28)11-21(10-16)29-13-15-1-3-17(26)4-2-15/h1-4,9-12,14,18,20,29H,5-8,13,27-28H2,(H,30,31)/t18-,20-. The Balaban J connectivity index is 1.52. The summed E-state index contributed by atoms with van der Waals surface area (Å²) in [4.78, 5) is 4.45. The van der Waals surface area contributed by atoms with Crippen LogP contribution < -0.4 is 22.1 Å². The van der Waals surface area contributed by atoms with Crippen molar-refractivity contribution in [1.82, 2.24) is 4.98 Å². The van der Waals surface area contributed by atoms with E-state index in [1.165, 1.54) is 12.1 Å². The zero-order chi connectivity index (χ0) is 21.8. The minimum absolute atomic E-state index is 0.247. The molecule has 2 aromatic carbocycles. The first kappa shape index (κ1) is 21.4. The molecule has 3 aromatic rings. The van der Waals surface area contributed by atoms with Gasteiger partial charge in [-0.15, -0.1) is 0 Å². The predicted molar refractivity (Wildman–Crippen MR) is 127 cm³/mol. The number of anilines is 3. The molecule has 0 spiro atoms. The summed E-state index contributed by atoms with van der Waals surface area (Å²) in [5.41, 5.74) is 16.4. The number of nitrogens with zero attached hydrogens (tertiary/aromatic N) is 1. The molecule has 1 aliphatic rings. The summed E-state index contributed by atoms with van der Waals surface area (Å²) in [6.07, 6.45) is 5.79. The molecule has 1 saturated carbocycles. The Morgan fingerprint density at radius 2 is 1.77 bits per heavy atom. The lowest BCUT2D eigenvalue weighted by Gasteiger charge is -2.27. The minimum Gasteiger partial charge on any atom is -0.399 e. The quantitative estimate of drug-likeness (QED) is 0.385. The van der Waals surface area contributed by atoms with Crippen molar-refractivity contribution in [3.05, 3.63) is 71.1 Å². The fraction of sp³-hybridized carbons (Fsp3) is 0.292. The molecular weight excluding hydrogens is 413 g/mol. The number of benzene rings is 2. The maximum atomic E-state index is 13.1. The second kappa shape index (κ2) is 9.54. The van der Waals surface area contributed by atoms with Gasteiger partial charge in [-0.05, 0) is 73.2 Å². The molecule has 0 aliphatic heterocycles. The molecule has 1 aliphatic carbocycles. The van der Waals surface area contributed by atoms with Crippen molar-refractivity contribution < 1.29 is 4.39 Å². The number of nitrogens with one attached hydrogen (secondary N) is 2. The number of pyridine rings is 1. The van der Waals surface area contributed by atoms with Crippen molar-refractivity contribution in [2.45, 2.75) is 44.3 Å². The van der Waals surface area contributed by atoms with Crippen LogP contribution in [0.15, 0.2) is 54.7 Å². The van der Waals surface area contributed by atoms with Gasteiger partial charge < -0.3 is 22.1 Å². The van der Waals surface area contributed by atoms with Crippen LogP contribution in [0.25, 0.3) is 11.1 Å². The molecule has 162 valence electrons. The monoisotopic (exact) mass is 439 g/mol. The second-order valence-corrected chi connectivity index (χ2v) is 8.54. The summed E-state index contributed by atoms with van der Waals surface area (Å²) >= 11 is 6.48. The van der Waals surface area contributed by atoms with E-state index < -0.39 is 0 Å². The molecular formula is C24H27ClFN5. The van der Waals surface area contributed by atoms with Crippen molar-refractivity contribution >= 4 is 28.8 Å². The molecule has 5 nitrogen and oxygen atoms in total. The molecule has 31 heavy (non-hydrogen) atoms. The summed E-state index contributed by atoms with van der Waals surface area (Å²) in [6.45, 7) is 0.559. The van der Waals surface area contributed by atoms with Crippen LogP contribution in [0.3, 0.4) is 0 Å². The average molecular weight is 440 g/mol. The van der Waals surface area contributed by atoms with Crippen LogP contribution in [0, 0.1) is 5.82 Å². The van der Waals surface area contributed by atoms with Crippen LogP contribution in [0.5, 0.6) is 0 Å². The molecule has 6 N–H and O–H groups in total. The fourth-order valence-corrected chi connectivity index (χ4v) is 4.14. The number of hydrogen-bond donors (Lipinski definition) is 4. The predicted octanol–water partition coefficient (Wildman–Crippen LogP) is 5.42. The largest absolute Gasteiger partial charge is 0.399 e. The third kappa shape index (κ3) is 5.66. The van der Waals surface area contributed by atoms with Crippen LogP contribution >= 0.6 is 11.6 Å². The van der Waals surface area contributed by atoms with Gasteiger partial charge in [0.15, 0.2) is 0 Å². The molecule has 1 heterocycles. The Morgan fingerprint density at radius 1 is 1.03 bits per heavy atom. The molecule has 4 rings (SSSR count). The number of nitrogens with two attached hydrogens (primary N) is 2. The van der Waals surface area contributed by atoms with Crippen LogP contribution in [-0.2, 0) is 6.54 Å². The molecule has 1 aromatic heterocycles. The molecule has 0 unspecified atom stereocenters. The Hall–Kier alpha value is -2.83. The van der Waals surface area contributed by atoms with Gasteiger partial charge >= 0.3 is 0 Å². The van der Waals surface area contributed by atoms with E-state index in [0.29, 0.717) is 29.3 Å². The van der Waals surface area contributed by atoms with E-state index in [1.54, 1.807) is 18.3 Å². The molecule has 1 fully saturated rings. The van der Waals surface area contributed by atoms with Crippen molar-refractivity contribution in [2.24, 2.45) is 5.73 Å². The Kier molecular flexibility index (Phi) is 6.59. The van der Waals surface area contributed by atoms with Crippen LogP contribution in [0.1, 0.15) is 31.2 Å². The smallest absolute Gasteiger partial charge is 0.126 e. The fourth-order valence-electron chi connectivity index (χ4n) is 3.93. The van der Waals surface area contributed by atoms with Gasteiger partial charge in [0.25, 0.3) is 0 Å². The van der Waals surface area contributed by atoms with Crippen molar-refractivity contribution in [2.75, 3.05) is 16.4 Å². The molecule has 7 heteroatoms. The second-order valence-electron chi connectivity index (χ2n) is 8.13. The molecule has 0 bridgehead atoms. The summed E-state index contributed by atoms with van der Waals surface area (Å²) in [5.74, 6) is 0.547. The van der Waals surface area contributed by atoms with Gasteiger partial charge in [0, 0.05) is 41.8 Å². The van der Waals surface area contributed by atoms with Gasteiger partial charge in [-0.1, -0.05) is 23.7 Å². The Morgan fingerprint density at radius 3 is 2.52 bits per heavy atom. The highest BCUT2D eigenvalue weighted by Gasteiger charge is 2.19. The number of halogens is 2. The topological polar surface area (TPSA) is 89.0 Å². The van der Waals surface area contributed by atoms with Gasteiger partial charge in [0.1, 0.15) is 11.6 Å². The van der Waals surface area contributed by atoms with Crippen molar-refractivity contribution in [1.29, 1.82) is 0 Å². The zero-order valence-electron chi connectivity index (χ0n) is 17.2. The maximum Gasteiger partial charge on any atom is 0.126 e. The lowest BCUT2D eigenvalue weighted by molar-refractivity contribution is 0.410. The number of rotatable bonds is 6. The highest BCUT2D eigenvalue weighted by atomic mass is 35.5. The Labute approximate surface area is 187 Å². The summed E-state index contributed by atoms with van der Waals surface area (Å²) in [7, 11) is 0. The van der Waals surface area contributed by atoms with Crippen LogP contribution in [0.4, 0.5) is 21.6 Å². The van der Waals surface area contributed by atoms with Gasteiger partial charge in [-0.2, -0.15) is 0 Å². The SMILES string of the molecule is Nc1cc(NCc2ccc(F)cc2)cc(-c2cc(N[C@H]3CC[C@H](N)CC3)ncc2Cl)c1. The summed E-state index contributed by atoms with van der Waals surface area (Å²) in [6, 6.07) is 14.8. The van der Waals surface area contributed by atoms with Crippen LogP contribution in [-0.4, -0.2) is 17.1 Å². The first-order valence-electron chi connectivity index (χ1n) is 10.5. The van der Waals surface area contributed by atoms with E-state index in [-0.39, 0.29) is 5.82 Å². The maximum absolute atomic E-state index is 13.1. The number of nitrogen functional groups attached to an aromatic ring is 1. The first-order chi connectivity index (χ1) is 15.0. The van der Waals surface area contributed by atoms with Gasteiger partial charge in [0.2, 0.25) is 0 Å². The third-order valence-corrected chi connectivity index (χ3v) is 5.96. The van der Waals surface area contributed by atoms with E-state index in [9.17, 15) is 4.39 Å². The zero-order valence-corrected chi connectivity index (χ0v) is 18.0. The van der Waals surface area contributed by atoms with E-state index in [2.05, 4.69) is 15.6 Å². The molecule has 0 radical (unpaired) electrons. The van der Waals surface area contributed by atoms with Gasteiger partial charge in [-0.3, -0.25) is 0 Å². The Bertz CT molecular complexity index is 1030. The first-order valence-corrected chi connectivity index (χ1v) is 10.9. The van der Waals surface area contributed by atoms with E-state index in [4.69, 9.17) is 23.1 Å². The van der Waals surface area contributed by atoms with E-state index in [0.717, 1.165) is 53.9 Å². The normalized spacial score (nSPS) is 18.5. The van der Waals surface area contributed by atoms with Crippen molar-refractivity contribution in [3.8, 4) is 11.1 Å². The van der Waals surface area contributed by atoms with E-state index >= 15 is 0 Å². The molecule has 0 amide bonds. The summed E-state index contributed by atoms with van der Waals surface area (Å²) in [5, 5.41) is 7.42. The van der Waals surface area contributed by atoms with Gasteiger partial charge in [-0.25, -0.2) is 9.37 Å². The highest BCUT2D eigenvalue weighted by molar-refractivity contribution is 6.33. The van der Waals surface area contributed by atoms with Crippen LogP contribution in [0.2, 0.25) is 5.02 Å². The summed E-state index contributed by atoms with van der Waals surface area (Å²) < 4.78 is 13.1. The minimum atomic E-state index is -0.247. The lowest BCUT2D eigenvalue weighted by Crippen LogP contribution is -2.33. The molecule has 0 saturated heterocycles.